The number of amides is 1. The Bertz CT molecular complexity index is 511. The molecule has 0 aliphatic carbocycles. The van der Waals surface area contributed by atoms with Gasteiger partial charge in [-0.05, 0) is 24.6 Å². The SMILES string of the molecule is CC(NC(=O)CS(C)(=O)=O)c1cccc(N)c1. The van der Waals surface area contributed by atoms with E-state index in [2.05, 4.69) is 5.32 Å². The van der Waals surface area contributed by atoms with Crippen LogP contribution in [0.2, 0.25) is 0 Å². The molecule has 0 aliphatic rings. The van der Waals surface area contributed by atoms with E-state index >= 15 is 0 Å². The van der Waals surface area contributed by atoms with Crippen molar-refractivity contribution in [3.63, 3.8) is 0 Å². The molecule has 0 heterocycles. The molecule has 17 heavy (non-hydrogen) atoms. The van der Waals surface area contributed by atoms with Gasteiger partial charge in [0.15, 0.2) is 9.84 Å². The highest BCUT2D eigenvalue weighted by atomic mass is 32.2. The second kappa shape index (κ2) is 5.18. The number of anilines is 1. The molecule has 0 fully saturated rings. The van der Waals surface area contributed by atoms with Gasteiger partial charge in [-0.15, -0.1) is 0 Å². The summed E-state index contributed by atoms with van der Waals surface area (Å²) in [6, 6.07) is 6.82. The Morgan fingerprint density at radius 3 is 2.65 bits per heavy atom. The molecule has 1 rings (SSSR count). The van der Waals surface area contributed by atoms with E-state index in [0.29, 0.717) is 5.69 Å². The van der Waals surface area contributed by atoms with Crippen molar-refractivity contribution in [3.05, 3.63) is 29.8 Å². The van der Waals surface area contributed by atoms with Gasteiger partial charge in [-0.2, -0.15) is 0 Å². The van der Waals surface area contributed by atoms with Gasteiger partial charge < -0.3 is 11.1 Å². The fourth-order valence-corrected chi connectivity index (χ4v) is 1.99. The molecule has 1 unspecified atom stereocenters. The molecule has 0 aromatic heterocycles. The largest absolute Gasteiger partial charge is 0.399 e. The van der Waals surface area contributed by atoms with Crippen molar-refractivity contribution in [2.45, 2.75) is 13.0 Å². The van der Waals surface area contributed by atoms with Crippen LogP contribution in [0.5, 0.6) is 0 Å². The fourth-order valence-electron chi connectivity index (χ4n) is 1.43. The van der Waals surface area contributed by atoms with E-state index in [1.807, 2.05) is 6.07 Å². The average molecular weight is 256 g/mol. The minimum atomic E-state index is -3.30. The van der Waals surface area contributed by atoms with Crippen molar-refractivity contribution >= 4 is 21.4 Å². The number of sulfone groups is 1. The van der Waals surface area contributed by atoms with Crippen LogP contribution in [0, 0.1) is 0 Å². The molecule has 0 radical (unpaired) electrons. The van der Waals surface area contributed by atoms with Gasteiger partial charge in [0.25, 0.3) is 0 Å². The van der Waals surface area contributed by atoms with Gasteiger partial charge in [0, 0.05) is 11.9 Å². The summed E-state index contributed by atoms with van der Waals surface area (Å²) in [5, 5.41) is 2.61. The van der Waals surface area contributed by atoms with E-state index in [0.717, 1.165) is 11.8 Å². The van der Waals surface area contributed by atoms with Gasteiger partial charge in [-0.3, -0.25) is 4.79 Å². The number of nitrogens with one attached hydrogen (secondary N) is 1. The fraction of sp³-hybridized carbons (Fsp3) is 0.364. The van der Waals surface area contributed by atoms with Gasteiger partial charge in [-0.25, -0.2) is 8.42 Å². The molecule has 0 saturated carbocycles. The number of carbonyl (C=O) groups excluding carboxylic acids is 1. The number of nitrogens with two attached hydrogens (primary N) is 1. The lowest BCUT2D eigenvalue weighted by Gasteiger charge is -2.14. The number of rotatable bonds is 4. The van der Waals surface area contributed by atoms with Crippen LogP contribution in [0.3, 0.4) is 0 Å². The summed E-state index contributed by atoms with van der Waals surface area (Å²) in [5.41, 5.74) is 7.06. The molecule has 1 atom stereocenters. The van der Waals surface area contributed by atoms with Crippen LogP contribution in [0.25, 0.3) is 0 Å². The highest BCUT2D eigenvalue weighted by Gasteiger charge is 2.14. The third-order valence-corrected chi connectivity index (χ3v) is 2.97. The van der Waals surface area contributed by atoms with Crippen molar-refractivity contribution in [1.29, 1.82) is 0 Å². The Labute approximate surface area is 101 Å². The van der Waals surface area contributed by atoms with Crippen molar-refractivity contribution in [2.24, 2.45) is 0 Å². The summed E-state index contributed by atoms with van der Waals surface area (Å²) in [7, 11) is -3.30. The zero-order valence-electron chi connectivity index (χ0n) is 9.80. The van der Waals surface area contributed by atoms with Gasteiger partial charge in [-0.1, -0.05) is 12.1 Å². The minimum Gasteiger partial charge on any atom is -0.399 e. The number of benzene rings is 1. The van der Waals surface area contributed by atoms with Crippen molar-refractivity contribution in [1.82, 2.24) is 5.32 Å². The molecule has 6 heteroatoms. The maximum Gasteiger partial charge on any atom is 0.235 e. The number of nitrogen functional groups attached to an aromatic ring is 1. The lowest BCUT2D eigenvalue weighted by atomic mass is 10.1. The second-order valence-electron chi connectivity index (χ2n) is 4.03. The van der Waals surface area contributed by atoms with Gasteiger partial charge in [0.2, 0.25) is 5.91 Å². The normalized spacial score (nSPS) is 13.1. The third-order valence-electron chi connectivity index (χ3n) is 2.18. The van der Waals surface area contributed by atoms with Crippen LogP contribution < -0.4 is 11.1 Å². The maximum atomic E-state index is 11.4. The Balaban J connectivity index is 2.67. The molecule has 1 aromatic rings. The molecule has 1 aromatic carbocycles. The van der Waals surface area contributed by atoms with Crippen LogP contribution in [-0.4, -0.2) is 26.3 Å². The first-order valence-electron chi connectivity index (χ1n) is 5.10. The third kappa shape index (κ3) is 4.86. The van der Waals surface area contributed by atoms with Gasteiger partial charge in [0.05, 0.1) is 6.04 Å². The maximum absolute atomic E-state index is 11.4. The summed E-state index contributed by atoms with van der Waals surface area (Å²) in [6.45, 7) is 1.77. The lowest BCUT2D eigenvalue weighted by molar-refractivity contribution is -0.119. The monoisotopic (exact) mass is 256 g/mol. The Morgan fingerprint density at radius 2 is 2.12 bits per heavy atom. The van der Waals surface area contributed by atoms with Crippen LogP contribution >= 0.6 is 0 Å². The highest BCUT2D eigenvalue weighted by molar-refractivity contribution is 7.91. The van der Waals surface area contributed by atoms with Crippen molar-refractivity contribution in [3.8, 4) is 0 Å². The molecule has 0 bridgehead atoms. The molecular formula is C11H16N2O3S. The van der Waals surface area contributed by atoms with Gasteiger partial charge in [0.1, 0.15) is 5.75 Å². The molecule has 5 nitrogen and oxygen atoms in total. The van der Waals surface area contributed by atoms with Crippen LogP contribution in [0.4, 0.5) is 5.69 Å². The summed E-state index contributed by atoms with van der Waals surface area (Å²) >= 11 is 0. The molecule has 0 saturated heterocycles. The predicted molar refractivity (Wildman–Crippen MR) is 67.1 cm³/mol. The van der Waals surface area contributed by atoms with E-state index in [9.17, 15) is 13.2 Å². The predicted octanol–water partition coefficient (Wildman–Crippen LogP) is 0.491. The smallest absolute Gasteiger partial charge is 0.235 e. The summed E-state index contributed by atoms with van der Waals surface area (Å²) < 4.78 is 21.9. The summed E-state index contributed by atoms with van der Waals surface area (Å²) in [6.07, 6.45) is 1.03. The van der Waals surface area contributed by atoms with E-state index in [1.165, 1.54) is 0 Å². The van der Waals surface area contributed by atoms with Crippen LogP contribution in [-0.2, 0) is 14.6 Å². The number of hydrogen-bond donors (Lipinski definition) is 2. The van der Waals surface area contributed by atoms with Crippen molar-refractivity contribution < 1.29 is 13.2 Å². The summed E-state index contributed by atoms with van der Waals surface area (Å²) in [4.78, 5) is 11.4. The average Bonchev–Trinajstić information content (AvgIpc) is 2.14. The Morgan fingerprint density at radius 1 is 1.47 bits per heavy atom. The first-order chi connectivity index (χ1) is 7.78. The molecule has 94 valence electrons. The molecule has 3 N–H and O–H groups in total. The number of hydrogen-bond acceptors (Lipinski definition) is 4. The van der Waals surface area contributed by atoms with E-state index < -0.39 is 21.5 Å². The lowest BCUT2D eigenvalue weighted by Crippen LogP contribution is -2.32. The molecule has 1 amide bonds. The Hall–Kier alpha value is -1.56. The minimum absolute atomic E-state index is 0.271. The molecule has 0 aliphatic heterocycles. The quantitative estimate of drug-likeness (QED) is 0.767. The molecular weight excluding hydrogens is 240 g/mol. The van der Waals surface area contributed by atoms with E-state index in [4.69, 9.17) is 5.73 Å². The summed E-state index contributed by atoms with van der Waals surface area (Å²) in [5.74, 6) is -1.01. The molecule has 0 spiro atoms. The van der Waals surface area contributed by atoms with Crippen LogP contribution in [0.15, 0.2) is 24.3 Å². The number of carbonyl (C=O) groups is 1. The topological polar surface area (TPSA) is 89.3 Å². The van der Waals surface area contributed by atoms with Crippen molar-refractivity contribution in [2.75, 3.05) is 17.7 Å². The first kappa shape index (κ1) is 13.5. The zero-order chi connectivity index (χ0) is 13.1. The van der Waals surface area contributed by atoms with E-state index in [-0.39, 0.29) is 6.04 Å². The first-order valence-corrected chi connectivity index (χ1v) is 7.16. The Kier molecular flexibility index (Phi) is 4.11. The van der Waals surface area contributed by atoms with Gasteiger partial charge >= 0.3 is 0 Å². The zero-order valence-corrected chi connectivity index (χ0v) is 10.6. The van der Waals surface area contributed by atoms with Crippen LogP contribution in [0.1, 0.15) is 18.5 Å². The highest BCUT2D eigenvalue weighted by Crippen LogP contribution is 2.14. The standard InChI is InChI=1S/C11H16N2O3S/c1-8(9-4-3-5-10(12)6-9)13-11(14)7-17(2,15)16/h3-6,8H,7,12H2,1-2H3,(H,13,14). The van der Waals surface area contributed by atoms with E-state index in [1.54, 1.807) is 25.1 Å². The second-order valence-corrected chi connectivity index (χ2v) is 6.17.